The third kappa shape index (κ3) is 5.28. The maximum Gasteiger partial charge on any atom is 0.320 e. The van der Waals surface area contributed by atoms with E-state index < -0.39 is 5.41 Å². The summed E-state index contributed by atoms with van der Waals surface area (Å²) < 4.78 is 5.43. The fourth-order valence-corrected chi connectivity index (χ4v) is 6.14. The molecule has 1 spiro atoms. The van der Waals surface area contributed by atoms with Gasteiger partial charge in [-0.1, -0.05) is 36.4 Å². The smallest absolute Gasteiger partial charge is 0.320 e. The number of anilines is 2. The van der Waals surface area contributed by atoms with Crippen molar-refractivity contribution in [3.63, 3.8) is 0 Å². The molecular weight excluding hydrogens is 520 g/mol. The first kappa shape index (κ1) is 26.9. The Morgan fingerprint density at radius 2 is 1.83 bits per heavy atom. The highest BCUT2D eigenvalue weighted by molar-refractivity contribution is 6.06. The number of carbonyl (C=O) groups excluding carboxylic acids is 3. The molecule has 3 aromatic rings. The van der Waals surface area contributed by atoms with Gasteiger partial charge >= 0.3 is 6.03 Å². The number of carbonyl (C=O) groups is 3. The van der Waals surface area contributed by atoms with Gasteiger partial charge in [-0.05, 0) is 60.3 Å². The van der Waals surface area contributed by atoms with Gasteiger partial charge in [0.15, 0.2) is 0 Å². The fraction of sp³-hybridized carbons (Fsp3) is 0.355. The van der Waals surface area contributed by atoms with E-state index in [9.17, 15) is 14.4 Å². The van der Waals surface area contributed by atoms with Crippen molar-refractivity contribution in [3.05, 3.63) is 88.6 Å². The number of aromatic nitrogens is 1. The summed E-state index contributed by atoms with van der Waals surface area (Å²) in [6, 6.07) is 17.4. The van der Waals surface area contributed by atoms with Crippen LogP contribution in [0.5, 0.6) is 0 Å². The van der Waals surface area contributed by atoms with Crippen LogP contribution < -0.4 is 16.0 Å². The third-order valence-corrected chi connectivity index (χ3v) is 8.20. The van der Waals surface area contributed by atoms with Gasteiger partial charge in [-0.2, -0.15) is 0 Å². The van der Waals surface area contributed by atoms with E-state index in [0.717, 1.165) is 27.8 Å². The van der Waals surface area contributed by atoms with Crippen molar-refractivity contribution < 1.29 is 19.1 Å². The monoisotopic (exact) mass is 554 g/mol. The quantitative estimate of drug-likeness (QED) is 0.414. The summed E-state index contributed by atoms with van der Waals surface area (Å²) in [5.74, 6) is 0.308. The van der Waals surface area contributed by atoms with Crippen molar-refractivity contribution in [2.75, 3.05) is 50.5 Å². The number of hydrogen-bond donors (Lipinski definition) is 3. The first-order valence-corrected chi connectivity index (χ1v) is 14.0. The number of urea groups is 1. The SMILES string of the molecule is CNCc1ccccc1CN(CC(=O)Nc1ccc2c(c1)CC1(C2)C(=O)Nc2ncccc21)C(=O)N1CCOCC1. The molecule has 212 valence electrons. The first-order chi connectivity index (χ1) is 20.0. The largest absolute Gasteiger partial charge is 0.378 e. The number of nitrogens with zero attached hydrogens (tertiary/aromatic N) is 3. The van der Waals surface area contributed by atoms with Crippen molar-refractivity contribution in [1.29, 1.82) is 0 Å². The minimum Gasteiger partial charge on any atom is -0.378 e. The molecule has 1 atom stereocenters. The molecule has 0 bridgehead atoms. The standard InChI is InChI=1S/C31H34N6O4/c1-32-18-22-5-2-3-6-23(22)19-37(30(40)36-11-13-41-14-12-36)20-27(38)34-25-9-8-21-16-31(17-24(21)15-25)26-7-4-10-33-28(26)35-29(31)39/h2-10,15,32H,11-14,16-20H2,1H3,(H,34,38)(H,33,35,39). The van der Waals surface area contributed by atoms with Crippen LogP contribution in [0.1, 0.15) is 27.8 Å². The van der Waals surface area contributed by atoms with E-state index in [1.807, 2.05) is 61.6 Å². The molecule has 0 radical (unpaired) electrons. The summed E-state index contributed by atoms with van der Waals surface area (Å²) in [6.07, 6.45) is 2.82. The van der Waals surface area contributed by atoms with Gasteiger partial charge in [0, 0.05) is 43.6 Å². The number of hydrogen-bond acceptors (Lipinski definition) is 6. The number of benzene rings is 2. The van der Waals surface area contributed by atoms with Crippen LogP contribution >= 0.6 is 0 Å². The summed E-state index contributed by atoms with van der Waals surface area (Å²) in [7, 11) is 1.88. The average Bonchev–Trinajstić information content (AvgIpc) is 3.50. The second-order valence-electron chi connectivity index (χ2n) is 10.9. The summed E-state index contributed by atoms with van der Waals surface area (Å²) in [5.41, 5.74) is 5.07. The molecular formula is C31H34N6O4. The Morgan fingerprint density at radius 3 is 2.63 bits per heavy atom. The molecule has 6 rings (SSSR count). The van der Waals surface area contributed by atoms with Gasteiger partial charge < -0.3 is 30.5 Å². The van der Waals surface area contributed by atoms with Crippen LogP contribution in [0.15, 0.2) is 60.8 Å². The number of ether oxygens (including phenoxy) is 1. The predicted octanol–water partition coefficient (Wildman–Crippen LogP) is 2.68. The zero-order valence-electron chi connectivity index (χ0n) is 23.1. The molecule has 1 saturated heterocycles. The third-order valence-electron chi connectivity index (χ3n) is 8.20. The number of nitrogens with one attached hydrogen (secondary N) is 3. The highest BCUT2D eigenvalue weighted by Crippen LogP contribution is 2.46. The molecule has 1 aliphatic carbocycles. The van der Waals surface area contributed by atoms with Crippen LogP contribution in [0.2, 0.25) is 0 Å². The Bertz CT molecular complexity index is 1490. The molecule has 1 aromatic heterocycles. The topological polar surface area (TPSA) is 116 Å². The lowest BCUT2D eigenvalue weighted by atomic mass is 9.79. The van der Waals surface area contributed by atoms with Crippen molar-refractivity contribution in [2.45, 2.75) is 31.3 Å². The molecule has 1 unspecified atom stereocenters. The minimum absolute atomic E-state index is 0.0381. The van der Waals surface area contributed by atoms with Crippen LogP contribution in [0.4, 0.5) is 16.3 Å². The zero-order chi connectivity index (χ0) is 28.4. The lowest BCUT2D eigenvalue weighted by Crippen LogP contribution is -2.49. The molecule has 10 heteroatoms. The number of rotatable bonds is 7. The molecule has 3 heterocycles. The van der Waals surface area contributed by atoms with Crippen LogP contribution in [0.25, 0.3) is 0 Å². The molecule has 41 heavy (non-hydrogen) atoms. The normalized spacial score (nSPS) is 19.0. The summed E-state index contributed by atoms with van der Waals surface area (Å²) in [6.45, 7) is 2.84. The van der Waals surface area contributed by atoms with Crippen molar-refractivity contribution >= 4 is 29.4 Å². The van der Waals surface area contributed by atoms with Gasteiger partial charge in [-0.15, -0.1) is 0 Å². The van der Waals surface area contributed by atoms with E-state index >= 15 is 0 Å². The highest BCUT2D eigenvalue weighted by Gasteiger charge is 2.51. The lowest BCUT2D eigenvalue weighted by Gasteiger charge is -2.33. The van der Waals surface area contributed by atoms with E-state index in [2.05, 4.69) is 20.9 Å². The molecule has 2 aromatic carbocycles. The number of amides is 4. The van der Waals surface area contributed by atoms with Gasteiger partial charge in [-0.3, -0.25) is 9.59 Å². The van der Waals surface area contributed by atoms with Gasteiger partial charge in [-0.25, -0.2) is 9.78 Å². The van der Waals surface area contributed by atoms with Crippen molar-refractivity contribution in [3.8, 4) is 0 Å². The minimum atomic E-state index is -0.670. The molecule has 0 saturated carbocycles. The molecule has 4 amide bonds. The Balaban J connectivity index is 1.18. The zero-order valence-corrected chi connectivity index (χ0v) is 23.1. The van der Waals surface area contributed by atoms with E-state index in [4.69, 9.17) is 4.74 Å². The fourth-order valence-electron chi connectivity index (χ4n) is 6.14. The molecule has 1 fully saturated rings. The summed E-state index contributed by atoms with van der Waals surface area (Å²) in [5, 5.41) is 9.10. The van der Waals surface area contributed by atoms with E-state index in [1.54, 1.807) is 16.0 Å². The van der Waals surface area contributed by atoms with Gasteiger partial charge in [0.1, 0.15) is 12.4 Å². The summed E-state index contributed by atoms with van der Waals surface area (Å²) in [4.78, 5) is 47.6. The van der Waals surface area contributed by atoms with Crippen LogP contribution in [0.3, 0.4) is 0 Å². The van der Waals surface area contributed by atoms with E-state index in [1.165, 1.54) is 0 Å². The predicted molar refractivity (Wildman–Crippen MR) is 154 cm³/mol. The number of morpholine rings is 1. The lowest BCUT2D eigenvalue weighted by molar-refractivity contribution is -0.120. The Morgan fingerprint density at radius 1 is 1.05 bits per heavy atom. The second kappa shape index (κ2) is 11.3. The Labute approximate surface area is 239 Å². The first-order valence-electron chi connectivity index (χ1n) is 14.0. The maximum atomic E-state index is 13.5. The van der Waals surface area contributed by atoms with Crippen LogP contribution in [-0.2, 0) is 45.7 Å². The van der Waals surface area contributed by atoms with Gasteiger partial charge in [0.25, 0.3) is 0 Å². The second-order valence-corrected chi connectivity index (χ2v) is 10.9. The number of pyridine rings is 1. The van der Waals surface area contributed by atoms with Gasteiger partial charge in [0.2, 0.25) is 11.8 Å². The van der Waals surface area contributed by atoms with Crippen molar-refractivity contribution in [2.24, 2.45) is 0 Å². The molecule has 2 aliphatic heterocycles. The molecule has 3 aliphatic rings. The van der Waals surface area contributed by atoms with E-state index in [0.29, 0.717) is 63.7 Å². The van der Waals surface area contributed by atoms with Crippen LogP contribution in [-0.4, -0.2) is 72.5 Å². The van der Waals surface area contributed by atoms with Crippen molar-refractivity contribution in [1.82, 2.24) is 20.1 Å². The molecule has 3 N–H and O–H groups in total. The maximum absolute atomic E-state index is 13.5. The molecule has 10 nitrogen and oxygen atoms in total. The average molecular weight is 555 g/mol. The number of fused-ring (bicyclic) bond motifs is 3. The van der Waals surface area contributed by atoms with Crippen LogP contribution in [0, 0.1) is 0 Å². The summed E-state index contributed by atoms with van der Waals surface area (Å²) >= 11 is 0. The van der Waals surface area contributed by atoms with Gasteiger partial charge in [0.05, 0.1) is 18.6 Å². The Kier molecular flexibility index (Phi) is 7.42. The highest BCUT2D eigenvalue weighted by atomic mass is 16.5. The van der Waals surface area contributed by atoms with E-state index in [-0.39, 0.29) is 24.4 Å². The Hall–Kier alpha value is -4.28.